The van der Waals surface area contributed by atoms with E-state index in [0.717, 1.165) is 37.7 Å². The van der Waals surface area contributed by atoms with Crippen LogP contribution in [0.1, 0.15) is 106 Å². The van der Waals surface area contributed by atoms with E-state index in [9.17, 15) is 60.0 Å². The number of hydrogen-bond donors (Lipinski definition) is 8. The molecule has 16 nitrogen and oxygen atoms in total. The van der Waals surface area contributed by atoms with Gasteiger partial charge in [0.25, 0.3) is 0 Å². The molecular formula is C42H62O16. The molecule has 0 radical (unpaired) electrons. The van der Waals surface area contributed by atoms with Gasteiger partial charge in [-0.3, -0.25) is 9.59 Å². The molecule has 0 bridgehead atoms. The van der Waals surface area contributed by atoms with E-state index in [0.29, 0.717) is 25.7 Å². The van der Waals surface area contributed by atoms with Crippen LogP contribution in [-0.2, 0) is 38.1 Å². The minimum Gasteiger partial charge on any atom is -0.481 e. The molecule has 0 spiro atoms. The van der Waals surface area contributed by atoms with Gasteiger partial charge in [-0.05, 0) is 110 Å². The van der Waals surface area contributed by atoms with Gasteiger partial charge in [0.2, 0.25) is 0 Å². The zero-order chi connectivity index (χ0) is 42.9. The molecule has 0 aromatic rings. The largest absolute Gasteiger partial charge is 0.481 e. The van der Waals surface area contributed by atoms with E-state index in [4.69, 9.17) is 18.9 Å². The van der Waals surface area contributed by atoms with Crippen LogP contribution in [0.2, 0.25) is 0 Å². The lowest BCUT2D eigenvalue weighted by atomic mass is 9.33. The zero-order valence-electron chi connectivity index (χ0n) is 34.4. The molecule has 7 aliphatic rings. The Morgan fingerprint density at radius 2 is 1.28 bits per heavy atom. The van der Waals surface area contributed by atoms with Crippen molar-refractivity contribution in [3.8, 4) is 0 Å². The van der Waals surface area contributed by atoms with Crippen LogP contribution in [0, 0.1) is 50.2 Å². The van der Waals surface area contributed by atoms with Crippen LogP contribution in [0.5, 0.6) is 0 Å². The number of carboxylic acid groups (broad SMARTS) is 3. The predicted molar refractivity (Wildman–Crippen MR) is 199 cm³/mol. The Bertz CT molecular complexity index is 1730. The smallest absolute Gasteiger partial charge is 0.335 e. The van der Waals surface area contributed by atoms with E-state index in [1.807, 2.05) is 26.8 Å². The maximum absolute atomic E-state index is 14.8. The zero-order valence-corrected chi connectivity index (χ0v) is 34.4. The Labute approximate surface area is 337 Å². The first kappa shape index (κ1) is 43.5. The highest BCUT2D eigenvalue weighted by atomic mass is 16.8. The van der Waals surface area contributed by atoms with Crippen molar-refractivity contribution in [2.45, 2.75) is 174 Å². The summed E-state index contributed by atoms with van der Waals surface area (Å²) in [4.78, 5) is 51.3. The number of ether oxygens (including phenoxy) is 4. The number of carbonyl (C=O) groups excluding carboxylic acids is 1. The third-order valence-electron chi connectivity index (χ3n) is 17.2. The number of allylic oxidation sites excluding steroid dienone is 2. The molecule has 0 aromatic carbocycles. The Kier molecular flexibility index (Phi) is 10.7. The Balaban J connectivity index is 1.17. The van der Waals surface area contributed by atoms with Gasteiger partial charge in [-0.1, -0.05) is 47.1 Å². The molecule has 5 aliphatic carbocycles. The van der Waals surface area contributed by atoms with Gasteiger partial charge in [0.15, 0.2) is 30.6 Å². The fourth-order valence-corrected chi connectivity index (χ4v) is 13.4. The third kappa shape index (κ3) is 6.25. The summed E-state index contributed by atoms with van der Waals surface area (Å²) < 4.78 is 23.4. The number of rotatable bonds is 7. The van der Waals surface area contributed by atoms with E-state index in [1.54, 1.807) is 0 Å². The minimum absolute atomic E-state index is 0.0217. The van der Waals surface area contributed by atoms with Crippen LogP contribution in [0.15, 0.2) is 11.6 Å². The van der Waals surface area contributed by atoms with Crippen molar-refractivity contribution >= 4 is 23.7 Å². The predicted octanol–water partition coefficient (Wildman–Crippen LogP) is 2.25. The summed E-state index contributed by atoms with van der Waals surface area (Å²) in [5.74, 6) is -4.47. The number of aliphatic hydroxyl groups is 5. The van der Waals surface area contributed by atoms with Crippen LogP contribution in [0.4, 0.5) is 0 Å². The van der Waals surface area contributed by atoms with E-state index < -0.39 is 107 Å². The van der Waals surface area contributed by atoms with Crippen molar-refractivity contribution in [2.24, 2.45) is 50.2 Å². The molecule has 0 unspecified atom stereocenters. The summed E-state index contributed by atoms with van der Waals surface area (Å²) in [7, 11) is 0. The molecule has 8 N–H and O–H groups in total. The average Bonchev–Trinajstić information content (AvgIpc) is 3.13. The van der Waals surface area contributed by atoms with Gasteiger partial charge >= 0.3 is 17.9 Å². The molecule has 7 rings (SSSR count). The summed E-state index contributed by atoms with van der Waals surface area (Å²) in [5.41, 5.74) is -1.81. The highest BCUT2D eigenvalue weighted by Crippen LogP contribution is 2.75. The number of aliphatic carboxylic acids is 3. The summed E-state index contributed by atoms with van der Waals surface area (Å²) in [6, 6.07) is 0. The van der Waals surface area contributed by atoms with E-state index in [2.05, 4.69) is 27.7 Å². The van der Waals surface area contributed by atoms with Crippen molar-refractivity contribution in [1.29, 1.82) is 0 Å². The maximum atomic E-state index is 14.8. The van der Waals surface area contributed by atoms with Crippen molar-refractivity contribution in [2.75, 3.05) is 0 Å². The lowest BCUT2D eigenvalue weighted by Gasteiger charge is -2.70. The summed E-state index contributed by atoms with van der Waals surface area (Å²) in [5, 5.41) is 83.0. The normalized spacial score (nSPS) is 52.6. The second-order valence-corrected chi connectivity index (χ2v) is 20.6. The Morgan fingerprint density at radius 1 is 0.690 bits per heavy atom. The number of ketones is 1. The van der Waals surface area contributed by atoms with Gasteiger partial charge in [-0.15, -0.1) is 0 Å². The fraction of sp³-hybridized carbons (Fsp3) is 0.857. The highest BCUT2D eigenvalue weighted by molar-refractivity contribution is 5.95. The molecule has 16 heteroatoms. The molecule has 2 saturated heterocycles. The minimum atomic E-state index is -2.05. The van der Waals surface area contributed by atoms with Crippen molar-refractivity contribution < 1.29 is 79.0 Å². The first-order chi connectivity index (χ1) is 26.8. The Hall–Kier alpha value is -2.54. The summed E-state index contributed by atoms with van der Waals surface area (Å²) in [6.07, 6.45) is -12.2. The third-order valence-corrected chi connectivity index (χ3v) is 17.2. The number of aliphatic hydroxyl groups excluding tert-OH is 5. The monoisotopic (exact) mass is 822 g/mol. The second kappa shape index (κ2) is 14.3. The lowest BCUT2D eigenvalue weighted by Crippen LogP contribution is -2.68. The van der Waals surface area contributed by atoms with Gasteiger partial charge in [-0.25, -0.2) is 9.59 Å². The van der Waals surface area contributed by atoms with Crippen LogP contribution >= 0.6 is 0 Å². The molecule has 0 aromatic heterocycles. The van der Waals surface area contributed by atoms with Crippen LogP contribution in [0.3, 0.4) is 0 Å². The molecule has 326 valence electrons. The Morgan fingerprint density at radius 3 is 1.88 bits per heavy atom. The quantitative estimate of drug-likeness (QED) is 0.171. The molecule has 2 heterocycles. The SMILES string of the molecule is CC1(C)[C@@H](O[C@H]2O[C@H](C(=O)O)[C@@H](O)[C@H](O)[C@H]2O[C@H]2O[C@@H](C(=O)O)[C@H](O)[C@@H](O)[C@@H]2O)CC[C@@]2(C)[C@H]1CC[C@@]1(C)[C@H]2C(=O)C=C2[C@@H]3C[C@@](C)(C(=O)O)CC[C@]3(C)CC[C@]21C. The van der Waals surface area contributed by atoms with E-state index in [1.165, 1.54) is 0 Å². The molecule has 58 heavy (non-hydrogen) atoms. The van der Waals surface area contributed by atoms with Crippen molar-refractivity contribution in [3.05, 3.63) is 11.6 Å². The maximum Gasteiger partial charge on any atom is 0.335 e. The molecule has 0 amide bonds. The number of hydrogen-bond acceptors (Lipinski definition) is 13. The topological polar surface area (TPSA) is 267 Å². The first-order valence-corrected chi connectivity index (χ1v) is 20.7. The highest BCUT2D eigenvalue weighted by Gasteiger charge is 2.71. The molecule has 6 fully saturated rings. The van der Waals surface area contributed by atoms with Gasteiger partial charge < -0.3 is 59.8 Å². The van der Waals surface area contributed by atoms with E-state index >= 15 is 0 Å². The van der Waals surface area contributed by atoms with Crippen LogP contribution < -0.4 is 0 Å². The lowest BCUT2D eigenvalue weighted by molar-refractivity contribution is -0.371. The first-order valence-electron chi connectivity index (χ1n) is 20.7. The summed E-state index contributed by atoms with van der Waals surface area (Å²) >= 11 is 0. The number of carboxylic acids is 3. The van der Waals surface area contributed by atoms with Gasteiger partial charge in [-0.2, -0.15) is 0 Å². The average molecular weight is 823 g/mol. The van der Waals surface area contributed by atoms with E-state index in [-0.39, 0.29) is 34.4 Å². The molecular weight excluding hydrogens is 760 g/mol. The van der Waals surface area contributed by atoms with Gasteiger partial charge in [0.05, 0.1) is 11.5 Å². The number of fused-ring (bicyclic) bond motifs is 7. The summed E-state index contributed by atoms with van der Waals surface area (Å²) in [6.45, 7) is 14.8. The van der Waals surface area contributed by atoms with Crippen molar-refractivity contribution in [3.63, 3.8) is 0 Å². The van der Waals surface area contributed by atoms with Gasteiger partial charge in [0.1, 0.15) is 36.6 Å². The van der Waals surface area contributed by atoms with Crippen molar-refractivity contribution in [1.82, 2.24) is 0 Å². The van der Waals surface area contributed by atoms with Gasteiger partial charge in [0, 0.05) is 5.92 Å². The van der Waals surface area contributed by atoms with Crippen LogP contribution in [0.25, 0.3) is 0 Å². The standard InChI is InChI=1S/C42H62O16/c1-37(2)21-8-11-42(7)31(20(43)16-18-19-17-39(4,36(53)54)13-12-38(19,3)14-15-41(18,42)6)40(21,5)10-9-22(37)55-35-30(26(47)25(46)29(57-35)33(51)52)58-34-27(48)23(44)24(45)28(56-34)32(49)50/h16,19,21-31,34-35,44-48H,8-15,17H2,1-7H3,(H,49,50)(H,51,52)(H,53,54)/t19-,21-,22-,23+,24+,25-,26-,27-,28+,29-,30+,31-,34+,35-,38+,39-,40-,41+,42-/m0/s1. The molecule has 19 atom stereocenters. The fourth-order valence-electron chi connectivity index (χ4n) is 13.4. The molecule has 4 saturated carbocycles. The second-order valence-electron chi connectivity index (χ2n) is 20.6. The number of carbonyl (C=O) groups is 4. The van der Waals surface area contributed by atoms with Crippen LogP contribution in [-0.4, -0.2) is 132 Å². The molecule has 2 aliphatic heterocycles.